The summed E-state index contributed by atoms with van der Waals surface area (Å²) in [6.07, 6.45) is -4.60. The number of tetrazole rings is 1. The van der Waals surface area contributed by atoms with E-state index in [-0.39, 0.29) is 5.69 Å². The first-order chi connectivity index (χ1) is 7.89. The highest BCUT2D eigenvalue weighted by Gasteiger charge is 2.38. The summed E-state index contributed by atoms with van der Waals surface area (Å²) in [4.78, 5) is 0. The van der Waals surface area contributed by atoms with E-state index in [1.54, 1.807) is 0 Å². The van der Waals surface area contributed by atoms with Gasteiger partial charge in [-0.2, -0.15) is 17.9 Å². The predicted molar refractivity (Wildman–Crippen MR) is 61.9 cm³/mol. The molecule has 0 saturated carbocycles. The molecule has 0 N–H and O–H groups in total. The van der Waals surface area contributed by atoms with Gasteiger partial charge < -0.3 is 0 Å². The van der Waals surface area contributed by atoms with Crippen LogP contribution in [0.1, 0.15) is 5.82 Å². The number of nitrogens with zero attached hydrogens (tertiary/aromatic N) is 4. The lowest BCUT2D eigenvalue weighted by molar-refractivity contribution is -0.146. The Balaban J connectivity index is 2.58. The number of hydrogen-bond donors (Lipinski definition) is 0. The van der Waals surface area contributed by atoms with Crippen LogP contribution in [0.5, 0.6) is 0 Å². The van der Waals surface area contributed by atoms with Crippen LogP contribution in [0.2, 0.25) is 5.02 Å². The van der Waals surface area contributed by atoms with Gasteiger partial charge in [-0.3, -0.25) is 0 Å². The van der Waals surface area contributed by atoms with E-state index in [9.17, 15) is 13.2 Å². The van der Waals surface area contributed by atoms with Crippen molar-refractivity contribution in [3.8, 4) is 5.69 Å². The van der Waals surface area contributed by atoms with Crippen molar-refractivity contribution in [2.45, 2.75) is 6.18 Å². The van der Waals surface area contributed by atoms with Crippen LogP contribution < -0.4 is 0 Å². The molecule has 0 amide bonds. The zero-order chi connectivity index (χ0) is 12.6. The highest BCUT2D eigenvalue weighted by Crippen LogP contribution is 2.30. The third kappa shape index (κ3) is 2.51. The Morgan fingerprint density at radius 2 is 2.00 bits per heavy atom. The van der Waals surface area contributed by atoms with E-state index >= 15 is 0 Å². The van der Waals surface area contributed by atoms with Crippen molar-refractivity contribution in [2.24, 2.45) is 0 Å². The zero-order valence-electron chi connectivity index (χ0n) is 7.91. The van der Waals surface area contributed by atoms with Gasteiger partial charge in [0.05, 0.1) is 5.69 Å². The topological polar surface area (TPSA) is 43.6 Å². The Morgan fingerprint density at radius 3 is 2.59 bits per heavy atom. The molecule has 0 radical (unpaired) electrons. The Morgan fingerprint density at radius 1 is 1.29 bits per heavy atom. The number of alkyl halides is 3. The third-order valence-corrected chi connectivity index (χ3v) is 2.96. The number of aromatic nitrogens is 4. The summed E-state index contributed by atoms with van der Waals surface area (Å²) in [6, 6.07) is 4.43. The van der Waals surface area contributed by atoms with E-state index in [0.29, 0.717) is 13.3 Å². The number of rotatable bonds is 1. The molecule has 1 heterocycles. The van der Waals surface area contributed by atoms with Crippen molar-refractivity contribution in [1.82, 2.24) is 20.2 Å². The van der Waals surface area contributed by atoms with Crippen molar-refractivity contribution in [1.29, 1.82) is 0 Å². The molecule has 4 nitrogen and oxygen atoms in total. The Bertz CT molecular complexity index is 554. The molecular weight excluding hydrogens is 371 g/mol. The van der Waals surface area contributed by atoms with Gasteiger partial charge in [-0.25, -0.2) is 0 Å². The largest absolute Gasteiger partial charge is 0.453 e. The standard InChI is InChI=1S/C8H3ClF3IN4/c9-4-1-2-6(5(13)3-4)17-7(8(10,11)12)14-15-16-17/h1-3H. The number of halogens is 5. The molecule has 0 unspecified atom stereocenters. The van der Waals surface area contributed by atoms with Crippen molar-refractivity contribution in [3.63, 3.8) is 0 Å². The minimum absolute atomic E-state index is 0.229. The lowest BCUT2D eigenvalue weighted by Gasteiger charge is -2.08. The highest BCUT2D eigenvalue weighted by atomic mass is 127. The lowest BCUT2D eigenvalue weighted by atomic mass is 10.3. The van der Waals surface area contributed by atoms with Crippen LogP contribution in [-0.4, -0.2) is 20.2 Å². The fourth-order valence-electron chi connectivity index (χ4n) is 1.18. The first-order valence-corrected chi connectivity index (χ1v) is 5.66. The molecule has 17 heavy (non-hydrogen) atoms. The van der Waals surface area contributed by atoms with Crippen LogP contribution in [0, 0.1) is 3.57 Å². The van der Waals surface area contributed by atoms with Crippen LogP contribution in [0.4, 0.5) is 13.2 Å². The molecule has 0 bridgehead atoms. The first-order valence-electron chi connectivity index (χ1n) is 4.20. The molecule has 2 rings (SSSR count). The van der Waals surface area contributed by atoms with Crippen molar-refractivity contribution in [3.05, 3.63) is 32.6 Å². The maximum atomic E-state index is 12.6. The van der Waals surface area contributed by atoms with Gasteiger partial charge in [-0.05, 0) is 51.2 Å². The van der Waals surface area contributed by atoms with Crippen molar-refractivity contribution >= 4 is 34.2 Å². The molecular formula is C8H3ClF3IN4. The lowest BCUT2D eigenvalue weighted by Crippen LogP contribution is -2.15. The molecule has 0 spiro atoms. The maximum absolute atomic E-state index is 12.6. The molecule has 0 aliphatic heterocycles. The monoisotopic (exact) mass is 374 g/mol. The van der Waals surface area contributed by atoms with Crippen LogP contribution in [0.15, 0.2) is 18.2 Å². The molecule has 0 aliphatic carbocycles. The predicted octanol–water partition coefficient (Wildman–Crippen LogP) is 2.94. The normalized spacial score (nSPS) is 11.8. The third-order valence-electron chi connectivity index (χ3n) is 1.86. The molecule has 0 aliphatic rings. The number of benzene rings is 1. The Labute approximate surface area is 112 Å². The van der Waals surface area contributed by atoms with E-state index in [2.05, 4.69) is 15.5 Å². The van der Waals surface area contributed by atoms with Crippen LogP contribution in [0.25, 0.3) is 5.69 Å². The summed E-state index contributed by atoms with van der Waals surface area (Å²) < 4.78 is 38.9. The molecule has 0 saturated heterocycles. The van der Waals surface area contributed by atoms with E-state index in [0.717, 1.165) is 0 Å². The zero-order valence-corrected chi connectivity index (χ0v) is 10.8. The average molecular weight is 374 g/mol. The summed E-state index contributed by atoms with van der Waals surface area (Å²) in [5.41, 5.74) is 0.229. The molecule has 1 aromatic heterocycles. The van der Waals surface area contributed by atoms with Gasteiger partial charge in [0.1, 0.15) is 0 Å². The minimum atomic E-state index is -4.60. The molecule has 90 valence electrons. The summed E-state index contributed by atoms with van der Waals surface area (Å²) >= 11 is 7.58. The van der Waals surface area contributed by atoms with Crippen molar-refractivity contribution < 1.29 is 13.2 Å². The van der Waals surface area contributed by atoms with Gasteiger partial charge in [0.2, 0.25) is 0 Å². The van der Waals surface area contributed by atoms with Gasteiger partial charge in [0.15, 0.2) is 0 Å². The second-order valence-electron chi connectivity index (χ2n) is 3.01. The SMILES string of the molecule is FC(F)(F)c1nnnn1-c1ccc(Cl)cc1I. The van der Waals surface area contributed by atoms with Crippen LogP contribution in [0.3, 0.4) is 0 Å². The van der Waals surface area contributed by atoms with E-state index in [1.165, 1.54) is 18.2 Å². The van der Waals surface area contributed by atoms with Gasteiger partial charge in [0.25, 0.3) is 5.82 Å². The van der Waals surface area contributed by atoms with Gasteiger partial charge in [-0.1, -0.05) is 11.6 Å². The van der Waals surface area contributed by atoms with Crippen molar-refractivity contribution in [2.75, 3.05) is 0 Å². The van der Waals surface area contributed by atoms with Crippen LogP contribution >= 0.6 is 34.2 Å². The molecule has 0 fully saturated rings. The summed E-state index contributed by atoms with van der Waals surface area (Å²) in [6.45, 7) is 0. The molecule has 9 heteroatoms. The van der Waals surface area contributed by atoms with E-state index in [1.807, 2.05) is 22.6 Å². The Hall–Kier alpha value is -0.900. The second kappa shape index (κ2) is 4.41. The first kappa shape index (κ1) is 12.6. The van der Waals surface area contributed by atoms with Crippen LogP contribution in [-0.2, 0) is 6.18 Å². The highest BCUT2D eigenvalue weighted by molar-refractivity contribution is 14.1. The molecule has 2 aromatic rings. The van der Waals surface area contributed by atoms with E-state index in [4.69, 9.17) is 11.6 Å². The Kier molecular flexibility index (Phi) is 3.25. The molecule has 0 atom stereocenters. The smallest absolute Gasteiger partial charge is 0.188 e. The summed E-state index contributed by atoms with van der Waals surface area (Å²) in [7, 11) is 0. The quantitative estimate of drug-likeness (QED) is 0.721. The minimum Gasteiger partial charge on any atom is -0.188 e. The van der Waals surface area contributed by atoms with Gasteiger partial charge in [-0.15, -0.1) is 5.10 Å². The average Bonchev–Trinajstić information content (AvgIpc) is 2.65. The maximum Gasteiger partial charge on any atom is 0.453 e. The van der Waals surface area contributed by atoms with Gasteiger partial charge in [0, 0.05) is 8.59 Å². The number of hydrogen-bond acceptors (Lipinski definition) is 3. The summed E-state index contributed by atoms with van der Waals surface area (Å²) in [5, 5.41) is 9.76. The fourth-order valence-corrected chi connectivity index (χ4v) is 2.28. The van der Waals surface area contributed by atoms with Gasteiger partial charge >= 0.3 is 6.18 Å². The molecule has 1 aromatic carbocycles. The summed E-state index contributed by atoms with van der Waals surface area (Å²) in [5.74, 6) is -1.17. The fraction of sp³-hybridized carbons (Fsp3) is 0.125. The van der Waals surface area contributed by atoms with E-state index < -0.39 is 12.0 Å². The second-order valence-corrected chi connectivity index (χ2v) is 4.61.